The number of aromatic nitrogens is 1. The van der Waals surface area contributed by atoms with E-state index in [0.29, 0.717) is 29.4 Å². The molecular weight excluding hydrogens is 266 g/mol. The second kappa shape index (κ2) is 5.57. The van der Waals surface area contributed by atoms with Gasteiger partial charge >= 0.3 is 0 Å². The van der Waals surface area contributed by atoms with Gasteiger partial charge in [0.15, 0.2) is 0 Å². The maximum atomic E-state index is 12.3. The van der Waals surface area contributed by atoms with E-state index in [2.05, 4.69) is 4.98 Å². The molecule has 1 aromatic heterocycles. The first-order valence-electron chi connectivity index (χ1n) is 6.30. The number of unbranched alkanes of at least 4 members (excludes halogenated alkanes) is 1. The molecule has 0 aliphatic carbocycles. The molecule has 6 heteroatoms. The van der Waals surface area contributed by atoms with Crippen molar-refractivity contribution in [1.82, 2.24) is 9.88 Å². The Labute approximate surface area is 116 Å². The number of amides is 2. The van der Waals surface area contributed by atoms with Crippen LogP contribution in [-0.2, 0) is 11.3 Å². The van der Waals surface area contributed by atoms with Crippen LogP contribution in [0.15, 0.2) is 12.1 Å². The number of primary amides is 1. The van der Waals surface area contributed by atoms with Crippen molar-refractivity contribution in [2.24, 2.45) is 5.73 Å². The second-order valence-electron chi connectivity index (χ2n) is 4.62. The number of carbonyl (C=O) groups is 2. The van der Waals surface area contributed by atoms with Crippen molar-refractivity contribution in [3.05, 3.63) is 28.5 Å². The monoisotopic (exact) mass is 281 g/mol. The third-order valence-electron chi connectivity index (χ3n) is 3.29. The zero-order valence-corrected chi connectivity index (χ0v) is 11.5. The average molecular weight is 282 g/mol. The fraction of sp³-hybridized carbons (Fsp3) is 0.462. The fourth-order valence-corrected chi connectivity index (χ4v) is 2.44. The van der Waals surface area contributed by atoms with Gasteiger partial charge in [0.2, 0.25) is 5.91 Å². The molecule has 0 bridgehead atoms. The maximum absolute atomic E-state index is 12.3. The number of halogens is 1. The summed E-state index contributed by atoms with van der Waals surface area (Å²) in [6, 6.07) is 2.65. The lowest BCUT2D eigenvalue weighted by Crippen LogP contribution is -2.44. The summed E-state index contributed by atoms with van der Waals surface area (Å²) in [4.78, 5) is 29.4. The third-order valence-corrected chi connectivity index (χ3v) is 3.50. The lowest BCUT2D eigenvalue weighted by Gasteiger charge is -2.24. The largest absolute Gasteiger partial charge is 0.368 e. The molecule has 1 aromatic rings. The zero-order valence-electron chi connectivity index (χ0n) is 10.7. The van der Waals surface area contributed by atoms with Crippen LogP contribution < -0.4 is 5.73 Å². The smallest absolute Gasteiger partial charge is 0.256 e. The van der Waals surface area contributed by atoms with Crippen molar-refractivity contribution < 1.29 is 9.59 Å². The molecule has 0 saturated heterocycles. The summed E-state index contributed by atoms with van der Waals surface area (Å²) in [5, 5.41) is 0.345. The predicted octanol–water partition coefficient (Wildman–Crippen LogP) is 1.73. The zero-order chi connectivity index (χ0) is 14.0. The van der Waals surface area contributed by atoms with Crippen LogP contribution in [0.5, 0.6) is 0 Å². The standard InChI is InChI=1S/C13H16ClN3O2/c1-2-3-4-10(12(15)18)17-7-9-8(13(17)19)5-6-11(14)16-9/h5-6,10H,2-4,7H2,1H3,(H2,15,18). The number of hydrogen-bond donors (Lipinski definition) is 1. The van der Waals surface area contributed by atoms with E-state index in [1.165, 1.54) is 4.90 Å². The summed E-state index contributed by atoms with van der Waals surface area (Å²) >= 11 is 5.81. The van der Waals surface area contributed by atoms with Crippen molar-refractivity contribution in [2.45, 2.75) is 38.8 Å². The topological polar surface area (TPSA) is 76.3 Å². The molecule has 2 N–H and O–H groups in total. The van der Waals surface area contributed by atoms with E-state index in [0.717, 1.165) is 12.8 Å². The van der Waals surface area contributed by atoms with Crippen molar-refractivity contribution in [2.75, 3.05) is 0 Å². The first-order chi connectivity index (χ1) is 9.04. The Morgan fingerprint density at radius 2 is 2.32 bits per heavy atom. The Kier molecular flexibility index (Phi) is 4.04. The van der Waals surface area contributed by atoms with Gasteiger partial charge < -0.3 is 10.6 Å². The van der Waals surface area contributed by atoms with Crippen LogP contribution in [-0.4, -0.2) is 27.7 Å². The molecule has 0 radical (unpaired) electrons. The van der Waals surface area contributed by atoms with Gasteiger partial charge in [-0.15, -0.1) is 0 Å². The van der Waals surface area contributed by atoms with E-state index in [-0.39, 0.29) is 5.91 Å². The molecule has 19 heavy (non-hydrogen) atoms. The summed E-state index contributed by atoms with van der Waals surface area (Å²) in [5.74, 6) is -0.667. The molecule has 2 amide bonds. The Hall–Kier alpha value is -1.62. The lowest BCUT2D eigenvalue weighted by molar-refractivity contribution is -0.122. The average Bonchev–Trinajstić information content (AvgIpc) is 2.66. The number of hydrogen-bond acceptors (Lipinski definition) is 3. The minimum Gasteiger partial charge on any atom is -0.368 e. The van der Waals surface area contributed by atoms with Crippen LogP contribution in [0.4, 0.5) is 0 Å². The highest BCUT2D eigenvalue weighted by Gasteiger charge is 2.35. The summed E-state index contributed by atoms with van der Waals surface area (Å²) < 4.78 is 0. The molecule has 2 heterocycles. The normalized spacial score (nSPS) is 15.5. The summed E-state index contributed by atoms with van der Waals surface area (Å²) in [7, 11) is 0. The van der Waals surface area contributed by atoms with Crippen molar-refractivity contribution in [1.29, 1.82) is 0 Å². The van der Waals surface area contributed by atoms with E-state index in [1.54, 1.807) is 12.1 Å². The molecular formula is C13H16ClN3O2. The lowest BCUT2D eigenvalue weighted by atomic mass is 10.1. The predicted molar refractivity (Wildman–Crippen MR) is 71.6 cm³/mol. The van der Waals surface area contributed by atoms with E-state index in [1.807, 2.05) is 6.92 Å². The molecule has 0 aromatic carbocycles. The van der Waals surface area contributed by atoms with Gasteiger partial charge in [-0.3, -0.25) is 9.59 Å². The molecule has 1 atom stereocenters. The Balaban J connectivity index is 2.23. The van der Waals surface area contributed by atoms with Gasteiger partial charge in [-0.05, 0) is 18.6 Å². The van der Waals surface area contributed by atoms with Gasteiger partial charge in [-0.2, -0.15) is 0 Å². The maximum Gasteiger partial charge on any atom is 0.256 e. The van der Waals surface area contributed by atoms with Crippen LogP contribution in [0.1, 0.15) is 42.2 Å². The van der Waals surface area contributed by atoms with Crippen molar-refractivity contribution in [3.63, 3.8) is 0 Å². The Bertz CT molecular complexity index is 519. The molecule has 1 aliphatic heterocycles. The molecule has 0 spiro atoms. The highest BCUT2D eigenvalue weighted by Crippen LogP contribution is 2.26. The first-order valence-corrected chi connectivity index (χ1v) is 6.68. The van der Waals surface area contributed by atoms with Crippen molar-refractivity contribution in [3.8, 4) is 0 Å². The van der Waals surface area contributed by atoms with E-state index < -0.39 is 11.9 Å². The molecule has 1 aliphatic rings. The number of pyridine rings is 1. The Morgan fingerprint density at radius 1 is 1.58 bits per heavy atom. The molecule has 0 saturated carbocycles. The van der Waals surface area contributed by atoms with Gasteiger partial charge in [0.1, 0.15) is 11.2 Å². The fourth-order valence-electron chi connectivity index (χ4n) is 2.28. The third kappa shape index (κ3) is 2.71. The van der Waals surface area contributed by atoms with Crippen LogP contribution in [0, 0.1) is 0 Å². The highest BCUT2D eigenvalue weighted by molar-refractivity contribution is 6.29. The molecule has 5 nitrogen and oxygen atoms in total. The van der Waals surface area contributed by atoms with Crippen LogP contribution >= 0.6 is 11.6 Å². The van der Waals surface area contributed by atoms with Gasteiger partial charge in [0.25, 0.3) is 5.91 Å². The first kappa shape index (κ1) is 13.8. The highest BCUT2D eigenvalue weighted by atomic mass is 35.5. The van der Waals surface area contributed by atoms with E-state index in [9.17, 15) is 9.59 Å². The minimum absolute atomic E-state index is 0.195. The molecule has 0 fully saturated rings. The van der Waals surface area contributed by atoms with Crippen LogP contribution in [0.25, 0.3) is 0 Å². The van der Waals surface area contributed by atoms with Crippen LogP contribution in [0.3, 0.4) is 0 Å². The number of carbonyl (C=O) groups excluding carboxylic acids is 2. The number of nitrogens with two attached hydrogens (primary N) is 1. The number of nitrogens with zero attached hydrogens (tertiary/aromatic N) is 2. The SMILES string of the molecule is CCCCC(C(N)=O)N1Cc2nc(Cl)ccc2C1=O. The van der Waals surface area contributed by atoms with Gasteiger partial charge in [0.05, 0.1) is 17.8 Å². The number of rotatable bonds is 5. The second-order valence-corrected chi connectivity index (χ2v) is 5.01. The van der Waals surface area contributed by atoms with E-state index >= 15 is 0 Å². The molecule has 2 rings (SSSR count). The quantitative estimate of drug-likeness (QED) is 0.835. The summed E-state index contributed by atoms with van der Waals surface area (Å²) in [6.45, 7) is 2.33. The molecule has 1 unspecified atom stereocenters. The van der Waals surface area contributed by atoms with Crippen molar-refractivity contribution >= 4 is 23.4 Å². The summed E-state index contributed by atoms with van der Waals surface area (Å²) in [5.41, 5.74) is 6.52. The van der Waals surface area contributed by atoms with E-state index in [4.69, 9.17) is 17.3 Å². The van der Waals surface area contributed by atoms with Gasteiger partial charge in [0, 0.05) is 0 Å². The Morgan fingerprint density at radius 3 is 2.95 bits per heavy atom. The van der Waals surface area contributed by atoms with Crippen LogP contribution in [0.2, 0.25) is 5.15 Å². The minimum atomic E-state index is -0.569. The molecule has 102 valence electrons. The number of fused-ring (bicyclic) bond motifs is 1. The summed E-state index contributed by atoms with van der Waals surface area (Å²) in [6.07, 6.45) is 2.38. The van der Waals surface area contributed by atoms with Gasteiger partial charge in [-0.25, -0.2) is 4.98 Å². The van der Waals surface area contributed by atoms with Gasteiger partial charge in [-0.1, -0.05) is 31.4 Å².